The normalized spacial score (nSPS) is 10.9. The van der Waals surface area contributed by atoms with Crippen LogP contribution < -0.4 is 10.6 Å². The van der Waals surface area contributed by atoms with Crippen LogP contribution in [0.15, 0.2) is 85.3 Å². The summed E-state index contributed by atoms with van der Waals surface area (Å²) in [4.78, 5) is 28.1. The van der Waals surface area contributed by atoms with Crippen LogP contribution in [0.5, 0.6) is 0 Å². The van der Waals surface area contributed by atoms with Gasteiger partial charge in [0.25, 0.3) is 0 Å². The van der Waals surface area contributed by atoms with Crippen molar-refractivity contribution >= 4 is 40.9 Å². The lowest BCUT2D eigenvalue weighted by atomic mass is 10.1. The van der Waals surface area contributed by atoms with Gasteiger partial charge in [0.05, 0.1) is 17.3 Å². The van der Waals surface area contributed by atoms with Crippen LogP contribution in [0.1, 0.15) is 18.1 Å². The van der Waals surface area contributed by atoms with Crippen LogP contribution in [0.3, 0.4) is 0 Å². The number of carbonyl (C=O) groups excluding carboxylic acids is 2. The van der Waals surface area contributed by atoms with Gasteiger partial charge in [0, 0.05) is 48.4 Å². The van der Waals surface area contributed by atoms with E-state index in [4.69, 9.17) is 16.7 Å². The van der Waals surface area contributed by atoms with E-state index in [0.717, 1.165) is 22.4 Å². The molecule has 0 atom stereocenters. The van der Waals surface area contributed by atoms with Crippen LogP contribution in [0.2, 0.25) is 5.02 Å². The topological polar surface area (TPSA) is 88.9 Å². The molecule has 0 saturated carbocycles. The van der Waals surface area contributed by atoms with E-state index in [-0.39, 0.29) is 11.8 Å². The van der Waals surface area contributed by atoms with Gasteiger partial charge in [0.1, 0.15) is 5.69 Å². The summed E-state index contributed by atoms with van der Waals surface area (Å²) in [5, 5.41) is 10.5. The Balaban J connectivity index is 1.57. The number of aromatic nitrogens is 3. The molecule has 2 aromatic heterocycles. The smallest absolute Gasteiger partial charge is 0.248 e. The summed E-state index contributed by atoms with van der Waals surface area (Å²) in [7, 11) is 0. The number of carbonyl (C=O) groups is 2. The number of nitrogens with zero attached hydrogens (tertiary/aromatic N) is 3. The fourth-order valence-electron chi connectivity index (χ4n) is 3.38. The number of hydrogen-bond donors (Lipinski definition) is 2. The lowest BCUT2D eigenvalue weighted by Gasteiger charge is -2.08. The molecule has 0 spiro atoms. The summed E-state index contributed by atoms with van der Waals surface area (Å²) in [5.74, 6) is -0.579. The second-order valence-electron chi connectivity index (χ2n) is 7.56. The van der Waals surface area contributed by atoms with Crippen molar-refractivity contribution in [3.63, 3.8) is 0 Å². The Morgan fingerprint density at radius 1 is 1.06 bits per heavy atom. The number of amides is 2. The predicted octanol–water partition coefficient (Wildman–Crippen LogP) is 5.26. The van der Waals surface area contributed by atoms with Gasteiger partial charge in [-0.15, -0.1) is 0 Å². The van der Waals surface area contributed by atoms with E-state index >= 15 is 0 Å². The molecule has 34 heavy (non-hydrogen) atoms. The molecule has 2 heterocycles. The van der Waals surface area contributed by atoms with Gasteiger partial charge in [-0.05, 0) is 42.0 Å². The number of benzene rings is 2. The van der Waals surface area contributed by atoms with E-state index in [1.807, 2.05) is 53.3 Å². The highest BCUT2D eigenvalue weighted by atomic mass is 35.5. The van der Waals surface area contributed by atoms with Gasteiger partial charge in [0.2, 0.25) is 11.8 Å². The minimum atomic E-state index is -0.366. The van der Waals surface area contributed by atoms with E-state index in [1.54, 1.807) is 36.7 Å². The Labute approximate surface area is 202 Å². The third-order valence-electron chi connectivity index (χ3n) is 4.87. The maximum Gasteiger partial charge on any atom is 0.248 e. The van der Waals surface area contributed by atoms with Gasteiger partial charge in [-0.3, -0.25) is 19.3 Å². The van der Waals surface area contributed by atoms with E-state index < -0.39 is 0 Å². The number of pyridine rings is 1. The Morgan fingerprint density at radius 3 is 2.62 bits per heavy atom. The van der Waals surface area contributed by atoms with E-state index in [0.29, 0.717) is 22.9 Å². The highest BCUT2D eigenvalue weighted by Crippen LogP contribution is 2.26. The molecule has 0 aliphatic rings. The minimum Gasteiger partial charge on any atom is -0.326 e. The summed E-state index contributed by atoms with van der Waals surface area (Å²) in [6.45, 7) is 2.01. The van der Waals surface area contributed by atoms with Gasteiger partial charge >= 0.3 is 0 Å². The quantitative estimate of drug-likeness (QED) is 0.360. The zero-order chi connectivity index (χ0) is 23.9. The van der Waals surface area contributed by atoms with Crippen molar-refractivity contribution in [3.05, 3.63) is 101 Å². The highest BCUT2D eigenvalue weighted by molar-refractivity contribution is 6.34. The van der Waals surface area contributed by atoms with Crippen LogP contribution in [-0.2, 0) is 16.1 Å². The van der Waals surface area contributed by atoms with E-state index in [9.17, 15) is 9.59 Å². The fourth-order valence-corrected chi connectivity index (χ4v) is 3.54. The number of nitrogens with one attached hydrogen (secondary N) is 2. The molecule has 0 unspecified atom stereocenters. The molecule has 0 aliphatic heterocycles. The Kier molecular flexibility index (Phi) is 7.15. The Hall–Kier alpha value is -4.23. The molecule has 0 bridgehead atoms. The molecule has 7 nitrogen and oxygen atoms in total. The lowest BCUT2D eigenvalue weighted by Crippen LogP contribution is -2.10. The molecule has 0 saturated heterocycles. The summed E-state index contributed by atoms with van der Waals surface area (Å²) in [5.41, 5.74) is 4.40. The van der Waals surface area contributed by atoms with E-state index in [2.05, 4.69) is 15.6 Å². The van der Waals surface area contributed by atoms with Gasteiger partial charge in [-0.1, -0.05) is 41.9 Å². The van der Waals surface area contributed by atoms with Crippen molar-refractivity contribution in [3.8, 4) is 11.3 Å². The molecule has 0 fully saturated rings. The number of halogens is 1. The van der Waals surface area contributed by atoms with Crippen LogP contribution in [-0.4, -0.2) is 26.6 Å². The molecule has 170 valence electrons. The summed E-state index contributed by atoms with van der Waals surface area (Å²) >= 11 is 6.21. The molecule has 8 heteroatoms. The summed E-state index contributed by atoms with van der Waals surface area (Å²) < 4.78 is 1.84. The summed E-state index contributed by atoms with van der Waals surface area (Å²) in [6.07, 6.45) is 8.46. The number of anilines is 2. The zero-order valence-electron chi connectivity index (χ0n) is 18.4. The lowest BCUT2D eigenvalue weighted by molar-refractivity contribution is -0.114. The maximum atomic E-state index is 12.6. The van der Waals surface area contributed by atoms with Crippen molar-refractivity contribution in [1.29, 1.82) is 0 Å². The minimum absolute atomic E-state index is 0.213. The van der Waals surface area contributed by atoms with Gasteiger partial charge in [0.15, 0.2) is 0 Å². The van der Waals surface area contributed by atoms with Crippen LogP contribution in [0, 0.1) is 0 Å². The highest BCUT2D eigenvalue weighted by Gasteiger charge is 2.11. The first-order valence-electron chi connectivity index (χ1n) is 10.6. The zero-order valence-corrected chi connectivity index (χ0v) is 19.2. The average Bonchev–Trinajstić information content (AvgIpc) is 3.23. The number of rotatable bonds is 7. The molecular weight excluding hydrogens is 450 g/mol. The predicted molar refractivity (Wildman–Crippen MR) is 134 cm³/mol. The van der Waals surface area contributed by atoms with Crippen LogP contribution >= 0.6 is 11.6 Å². The SMILES string of the molecule is CC(=O)Nc1ccc(Cl)c(NC(=O)/C=C/c2cn(Cc3ccccc3)nc2-c2cccnc2)c1. The third kappa shape index (κ3) is 5.96. The van der Waals surface area contributed by atoms with Crippen molar-refractivity contribution in [2.24, 2.45) is 0 Å². The largest absolute Gasteiger partial charge is 0.326 e. The first-order valence-corrected chi connectivity index (χ1v) is 10.9. The van der Waals surface area contributed by atoms with Gasteiger partial charge in [-0.25, -0.2) is 0 Å². The summed E-state index contributed by atoms with van der Waals surface area (Å²) in [6, 6.07) is 18.7. The molecule has 4 rings (SSSR count). The van der Waals surface area contributed by atoms with Crippen molar-refractivity contribution in [2.75, 3.05) is 10.6 Å². The molecular formula is C26H22ClN5O2. The Bertz CT molecular complexity index is 1330. The van der Waals surface area contributed by atoms with Crippen molar-refractivity contribution in [1.82, 2.24) is 14.8 Å². The monoisotopic (exact) mass is 471 g/mol. The molecule has 2 aromatic carbocycles. The van der Waals surface area contributed by atoms with Gasteiger partial charge in [-0.2, -0.15) is 5.10 Å². The fraction of sp³-hybridized carbons (Fsp3) is 0.0769. The maximum absolute atomic E-state index is 12.6. The standard InChI is InChI=1S/C26H22ClN5O2/c1-18(33)29-22-10-11-23(27)24(14-22)30-25(34)12-9-21-17-32(16-19-6-3-2-4-7-19)31-26(21)20-8-5-13-28-15-20/h2-15,17H,16H2,1H3,(H,29,33)(H,30,34)/b12-9+. The first-order chi connectivity index (χ1) is 16.5. The van der Waals surface area contributed by atoms with Crippen LogP contribution in [0.4, 0.5) is 11.4 Å². The molecule has 0 aliphatic carbocycles. The number of hydrogen-bond acceptors (Lipinski definition) is 4. The molecule has 2 amide bonds. The van der Waals surface area contributed by atoms with Crippen LogP contribution in [0.25, 0.3) is 17.3 Å². The van der Waals surface area contributed by atoms with E-state index in [1.165, 1.54) is 13.0 Å². The van der Waals surface area contributed by atoms with Crippen molar-refractivity contribution < 1.29 is 9.59 Å². The average molecular weight is 472 g/mol. The molecule has 4 aromatic rings. The first kappa shape index (κ1) is 22.9. The Morgan fingerprint density at radius 2 is 1.88 bits per heavy atom. The molecule has 2 N–H and O–H groups in total. The van der Waals surface area contributed by atoms with Crippen molar-refractivity contribution in [2.45, 2.75) is 13.5 Å². The third-order valence-corrected chi connectivity index (χ3v) is 5.20. The molecule has 0 radical (unpaired) electrons. The van der Waals surface area contributed by atoms with Gasteiger partial charge < -0.3 is 10.6 Å². The second kappa shape index (κ2) is 10.6. The second-order valence-corrected chi connectivity index (χ2v) is 7.96.